The Kier molecular flexibility index (Phi) is 17.1. The first kappa shape index (κ1) is 44.5. The summed E-state index contributed by atoms with van der Waals surface area (Å²) in [5.74, 6) is -0.0423. The molecule has 0 saturated carbocycles. The van der Waals surface area contributed by atoms with Gasteiger partial charge >= 0.3 is 18.0 Å². The van der Waals surface area contributed by atoms with E-state index in [0.29, 0.717) is 29.2 Å². The Labute approximate surface area is 357 Å². The van der Waals surface area contributed by atoms with Crippen molar-refractivity contribution in [3.05, 3.63) is 191 Å². The average Bonchev–Trinajstić information content (AvgIpc) is 3.27. The first-order valence-corrected chi connectivity index (χ1v) is 19.5. The lowest BCUT2D eigenvalue weighted by molar-refractivity contribution is -0.147. The van der Waals surface area contributed by atoms with Gasteiger partial charge in [-0.05, 0) is 75.7 Å². The quantitative estimate of drug-likeness (QED) is 0.0606. The molecule has 10 nitrogen and oxygen atoms in total. The summed E-state index contributed by atoms with van der Waals surface area (Å²) >= 11 is 0. The summed E-state index contributed by atoms with van der Waals surface area (Å²) in [4.78, 5) is 39.5. The van der Waals surface area contributed by atoms with E-state index in [0.717, 1.165) is 33.4 Å². The number of hydrogen-bond acceptors (Lipinski definition) is 9. The number of carbonyl (C=O) groups excluding carboxylic acids is 3. The van der Waals surface area contributed by atoms with Gasteiger partial charge in [0.25, 0.3) is 0 Å². The van der Waals surface area contributed by atoms with Crippen LogP contribution >= 0.6 is 12.4 Å². The molecule has 11 heteroatoms. The van der Waals surface area contributed by atoms with Crippen LogP contribution in [0, 0.1) is 0 Å². The molecule has 1 amide bonds. The van der Waals surface area contributed by atoms with Crippen LogP contribution in [0.2, 0.25) is 0 Å². The number of ether oxygens (including phenoxy) is 5. The molecule has 0 radical (unpaired) electrons. The smallest absolute Gasteiger partial charge is 0.408 e. The second-order valence-electron chi connectivity index (χ2n) is 13.8. The maximum absolute atomic E-state index is 13.3. The van der Waals surface area contributed by atoms with Crippen molar-refractivity contribution in [2.45, 2.75) is 58.3 Å². The van der Waals surface area contributed by atoms with E-state index in [-0.39, 0.29) is 51.7 Å². The van der Waals surface area contributed by atoms with Gasteiger partial charge in [-0.2, -0.15) is 0 Å². The number of hydrogen-bond donors (Lipinski definition) is 2. The van der Waals surface area contributed by atoms with Crippen LogP contribution in [0.5, 0.6) is 11.5 Å². The zero-order chi connectivity index (χ0) is 41.2. The van der Waals surface area contributed by atoms with E-state index in [1.54, 1.807) is 6.92 Å². The lowest BCUT2D eigenvalue weighted by Gasteiger charge is -2.20. The van der Waals surface area contributed by atoms with Gasteiger partial charge in [-0.25, -0.2) is 9.59 Å². The molecule has 0 fully saturated rings. The van der Waals surface area contributed by atoms with E-state index in [2.05, 4.69) is 5.32 Å². The molecule has 0 unspecified atom stereocenters. The molecule has 0 bridgehead atoms. The highest BCUT2D eigenvalue weighted by atomic mass is 35.5. The van der Waals surface area contributed by atoms with E-state index < -0.39 is 30.1 Å². The number of nitrogens with two attached hydrogens (primary N) is 1. The van der Waals surface area contributed by atoms with Gasteiger partial charge in [0.2, 0.25) is 0 Å². The van der Waals surface area contributed by atoms with E-state index in [4.69, 9.17) is 29.4 Å². The van der Waals surface area contributed by atoms with Crippen LogP contribution in [0.4, 0.5) is 4.79 Å². The minimum absolute atomic E-state index is 0. The van der Waals surface area contributed by atoms with Crippen molar-refractivity contribution >= 4 is 30.4 Å². The second kappa shape index (κ2) is 23.1. The third-order valence-electron chi connectivity index (χ3n) is 9.40. The average molecular weight is 829 g/mol. The highest BCUT2D eigenvalue weighted by molar-refractivity contribution is 5.85. The summed E-state index contributed by atoms with van der Waals surface area (Å²) in [5.41, 5.74) is 13.0. The van der Waals surface area contributed by atoms with Gasteiger partial charge in [0.1, 0.15) is 50.0 Å². The van der Waals surface area contributed by atoms with E-state index in [9.17, 15) is 14.4 Å². The van der Waals surface area contributed by atoms with Gasteiger partial charge in [0.15, 0.2) is 0 Å². The van der Waals surface area contributed by atoms with E-state index >= 15 is 0 Å². The minimum Gasteiger partial charge on any atom is -0.489 e. The zero-order valence-electron chi connectivity index (χ0n) is 33.4. The van der Waals surface area contributed by atoms with Crippen molar-refractivity contribution in [1.82, 2.24) is 5.32 Å². The van der Waals surface area contributed by atoms with Gasteiger partial charge < -0.3 is 34.7 Å². The SMILES string of the molecule is CCOC(=O)[C@H](Cc1cc(-c2ccc(OCc3ccccc3)c(C[C@H](N)C(=O)OCc3ccccc3)c2)ccc1OCc1ccccc1)NC(=O)OCc1ccccc1.Cl. The van der Waals surface area contributed by atoms with Crippen molar-refractivity contribution in [2.75, 3.05) is 6.61 Å². The van der Waals surface area contributed by atoms with E-state index in [1.165, 1.54) is 0 Å². The molecule has 2 atom stereocenters. The number of alkyl carbamates (subject to hydrolysis) is 1. The highest BCUT2D eigenvalue weighted by Gasteiger charge is 2.26. The van der Waals surface area contributed by atoms with Crippen LogP contribution in [0.15, 0.2) is 158 Å². The number of amides is 1. The molecule has 6 rings (SSSR count). The van der Waals surface area contributed by atoms with Crippen LogP contribution in [-0.4, -0.2) is 36.7 Å². The Hall–Kier alpha value is -6.62. The monoisotopic (exact) mass is 828 g/mol. The van der Waals surface area contributed by atoms with Crippen LogP contribution in [-0.2, 0) is 63.1 Å². The summed E-state index contributed by atoms with van der Waals surface area (Å²) in [7, 11) is 0. The zero-order valence-corrected chi connectivity index (χ0v) is 34.2. The predicted octanol–water partition coefficient (Wildman–Crippen LogP) is 8.95. The second-order valence-corrected chi connectivity index (χ2v) is 13.8. The standard InChI is InChI=1S/C49H48N2O8.ClH/c1-2-55-48(53)44(51-49(54)59-34-38-21-13-6-14-22-38)30-42-28-40(24-26-46(42)57-32-36-17-9-4-10-18-36)39-23-25-45(56-31-35-15-7-3-8-16-35)41(27-39)29-43(50)47(52)58-33-37-19-11-5-12-20-37;/h3-28,43-44H,2,29-34,50H2,1H3,(H,51,54);1H/t43-,44-;/m0./s1. The summed E-state index contributed by atoms with van der Waals surface area (Å²) in [6.45, 7) is 2.56. The molecule has 0 aliphatic carbocycles. The normalized spacial score (nSPS) is 11.6. The largest absolute Gasteiger partial charge is 0.489 e. The molecule has 60 heavy (non-hydrogen) atoms. The lowest BCUT2D eigenvalue weighted by Crippen LogP contribution is -2.43. The maximum Gasteiger partial charge on any atom is 0.408 e. The van der Waals surface area contributed by atoms with Crippen molar-refractivity contribution in [3.8, 4) is 22.6 Å². The predicted molar refractivity (Wildman–Crippen MR) is 232 cm³/mol. The number of carbonyl (C=O) groups is 3. The van der Waals surface area contributed by atoms with Crippen molar-refractivity contribution < 1.29 is 38.1 Å². The molecule has 0 aliphatic rings. The van der Waals surface area contributed by atoms with Crippen LogP contribution in [0.25, 0.3) is 11.1 Å². The first-order valence-electron chi connectivity index (χ1n) is 19.5. The van der Waals surface area contributed by atoms with E-state index in [1.807, 2.05) is 158 Å². The summed E-state index contributed by atoms with van der Waals surface area (Å²) in [6.07, 6.45) is -0.568. The topological polar surface area (TPSA) is 135 Å². The van der Waals surface area contributed by atoms with Gasteiger partial charge in [-0.1, -0.05) is 133 Å². The molecule has 0 aromatic heterocycles. The van der Waals surface area contributed by atoms with Gasteiger partial charge in [0, 0.05) is 12.8 Å². The minimum atomic E-state index is -1.09. The summed E-state index contributed by atoms with van der Waals surface area (Å²) < 4.78 is 29.1. The molecule has 6 aromatic carbocycles. The Morgan fingerprint density at radius 1 is 0.517 bits per heavy atom. The fourth-order valence-corrected chi connectivity index (χ4v) is 6.31. The van der Waals surface area contributed by atoms with Crippen LogP contribution in [0.1, 0.15) is 40.3 Å². The molecular formula is C49H49ClN2O8. The fraction of sp³-hybridized carbons (Fsp3) is 0.204. The summed E-state index contributed by atoms with van der Waals surface area (Å²) in [6, 6.07) is 47.6. The number of rotatable bonds is 19. The molecule has 0 saturated heterocycles. The Morgan fingerprint density at radius 2 is 0.933 bits per heavy atom. The Bertz CT molecular complexity index is 2260. The highest BCUT2D eigenvalue weighted by Crippen LogP contribution is 2.33. The van der Waals surface area contributed by atoms with Gasteiger partial charge in [-0.3, -0.25) is 4.79 Å². The molecule has 0 spiro atoms. The number of halogens is 1. The summed E-state index contributed by atoms with van der Waals surface area (Å²) in [5, 5.41) is 2.71. The maximum atomic E-state index is 13.3. The molecule has 0 aliphatic heterocycles. The fourth-order valence-electron chi connectivity index (χ4n) is 6.31. The van der Waals surface area contributed by atoms with Gasteiger partial charge in [-0.15, -0.1) is 12.4 Å². The van der Waals surface area contributed by atoms with Crippen molar-refractivity contribution in [2.24, 2.45) is 5.73 Å². The first-order chi connectivity index (χ1) is 28.8. The molecule has 6 aromatic rings. The Morgan fingerprint density at radius 3 is 1.38 bits per heavy atom. The van der Waals surface area contributed by atoms with Gasteiger partial charge in [0.05, 0.1) is 6.61 Å². The molecule has 0 heterocycles. The lowest BCUT2D eigenvalue weighted by atomic mass is 9.95. The third-order valence-corrected chi connectivity index (χ3v) is 9.40. The number of esters is 2. The van der Waals surface area contributed by atoms with Crippen LogP contribution < -0.4 is 20.5 Å². The molecule has 310 valence electrons. The molecular weight excluding hydrogens is 780 g/mol. The molecule has 3 N–H and O–H groups in total. The number of nitrogens with one attached hydrogen (secondary N) is 1. The van der Waals surface area contributed by atoms with Crippen molar-refractivity contribution in [3.63, 3.8) is 0 Å². The Balaban J connectivity index is 0.00000683. The third kappa shape index (κ3) is 13.5. The van der Waals surface area contributed by atoms with Crippen molar-refractivity contribution in [1.29, 1.82) is 0 Å². The van der Waals surface area contributed by atoms with Crippen LogP contribution in [0.3, 0.4) is 0 Å². The number of benzene rings is 6.